The highest BCUT2D eigenvalue weighted by Gasteiger charge is 2.33. The van der Waals surface area contributed by atoms with Crippen LogP contribution < -0.4 is 25.4 Å². The molecule has 0 saturated heterocycles. The van der Waals surface area contributed by atoms with Crippen molar-refractivity contribution in [2.24, 2.45) is 0 Å². The first-order chi connectivity index (χ1) is 13.3. The summed E-state index contributed by atoms with van der Waals surface area (Å²) in [5, 5.41) is 2.49. The van der Waals surface area contributed by atoms with Crippen LogP contribution in [0.5, 0.6) is 11.5 Å². The predicted octanol–water partition coefficient (Wildman–Crippen LogP) is 4.60. The number of aryl methyl sites for hydroxylation is 5. The van der Waals surface area contributed by atoms with Gasteiger partial charge in [-0.15, -0.1) is 0 Å². The van der Waals surface area contributed by atoms with Crippen LogP contribution in [0.25, 0.3) is 0 Å². The van der Waals surface area contributed by atoms with Crippen molar-refractivity contribution in [1.29, 1.82) is 0 Å². The SMILES string of the molecule is Cc1cc(C)cc(P(=O)(c2cc(C)cc(C)c2)c2cc(C)c3c(c2)OCO3)c1. The summed E-state index contributed by atoms with van der Waals surface area (Å²) >= 11 is 0. The van der Waals surface area contributed by atoms with E-state index in [0.717, 1.165) is 49.5 Å². The minimum atomic E-state index is -3.08. The highest BCUT2D eigenvalue weighted by molar-refractivity contribution is 7.85. The number of fused-ring (bicyclic) bond motifs is 1. The van der Waals surface area contributed by atoms with Crippen molar-refractivity contribution in [3.8, 4) is 11.5 Å². The van der Waals surface area contributed by atoms with E-state index in [4.69, 9.17) is 9.47 Å². The Bertz CT molecular complexity index is 1030. The van der Waals surface area contributed by atoms with Gasteiger partial charge in [0, 0.05) is 15.9 Å². The smallest absolute Gasteiger partial charge is 0.231 e. The Labute approximate surface area is 166 Å². The van der Waals surface area contributed by atoms with Gasteiger partial charge in [-0.3, -0.25) is 0 Å². The lowest BCUT2D eigenvalue weighted by molar-refractivity contribution is 0.173. The quantitative estimate of drug-likeness (QED) is 0.612. The molecule has 1 heterocycles. The van der Waals surface area contributed by atoms with Gasteiger partial charge < -0.3 is 14.0 Å². The number of hydrogen-bond donors (Lipinski definition) is 0. The average Bonchev–Trinajstić information content (AvgIpc) is 3.08. The molecule has 0 aliphatic carbocycles. The fraction of sp³-hybridized carbons (Fsp3) is 0.250. The first-order valence-corrected chi connectivity index (χ1v) is 11.2. The summed E-state index contributed by atoms with van der Waals surface area (Å²) in [5.74, 6) is 1.42. The molecule has 0 fully saturated rings. The highest BCUT2D eigenvalue weighted by Crippen LogP contribution is 2.46. The predicted molar refractivity (Wildman–Crippen MR) is 116 cm³/mol. The van der Waals surface area contributed by atoms with Gasteiger partial charge in [-0.05, 0) is 76.6 Å². The first kappa shape index (κ1) is 18.8. The number of benzene rings is 3. The molecular formula is C24H25O3P. The summed E-state index contributed by atoms with van der Waals surface area (Å²) in [5.41, 5.74) is 5.38. The molecule has 3 aromatic rings. The van der Waals surface area contributed by atoms with Crippen LogP contribution in [-0.2, 0) is 4.57 Å². The summed E-state index contributed by atoms with van der Waals surface area (Å²) in [7, 11) is -3.08. The molecule has 0 radical (unpaired) electrons. The second-order valence-electron chi connectivity index (χ2n) is 7.80. The fourth-order valence-corrected chi connectivity index (χ4v) is 7.17. The normalized spacial score (nSPS) is 13.0. The number of rotatable bonds is 3. The highest BCUT2D eigenvalue weighted by atomic mass is 31.2. The minimum Gasteiger partial charge on any atom is -0.454 e. The van der Waals surface area contributed by atoms with Crippen molar-refractivity contribution in [1.82, 2.24) is 0 Å². The van der Waals surface area contributed by atoms with Gasteiger partial charge in [-0.1, -0.05) is 34.4 Å². The lowest BCUT2D eigenvalue weighted by Crippen LogP contribution is -2.26. The second kappa shape index (κ2) is 6.83. The topological polar surface area (TPSA) is 35.5 Å². The molecule has 3 nitrogen and oxygen atoms in total. The third-order valence-corrected chi connectivity index (χ3v) is 8.10. The monoisotopic (exact) mass is 392 g/mol. The number of hydrogen-bond acceptors (Lipinski definition) is 3. The Hall–Kier alpha value is -2.51. The van der Waals surface area contributed by atoms with Crippen LogP contribution in [0.2, 0.25) is 0 Å². The summed E-state index contributed by atoms with van der Waals surface area (Å²) in [6, 6.07) is 16.3. The molecule has 144 valence electrons. The van der Waals surface area contributed by atoms with E-state index in [1.807, 2.05) is 71.0 Å². The Morgan fingerprint density at radius 3 is 1.61 bits per heavy atom. The van der Waals surface area contributed by atoms with Crippen molar-refractivity contribution < 1.29 is 14.0 Å². The van der Waals surface area contributed by atoms with Gasteiger partial charge in [-0.25, -0.2) is 0 Å². The molecule has 0 spiro atoms. The van der Waals surface area contributed by atoms with Gasteiger partial charge in [0.05, 0.1) is 0 Å². The molecule has 0 aromatic heterocycles. The van der Waals surface area contributed by atoms with E-state index in [-0.39, 0.29) is 6.79 Å². The van der Waals surface area contributed by atoms with Gasteiger partial charge >= 0.3 is 0 Å². The molecule has 1 aliphatic rings. The molecule has 0 amide bonds. The van der Waals surface area contributed by atoms with Crippen molar-refractivity contribution >= 4 is 23.1 Å². The maximum absolute atomic E-state index is 14.9. The van der Waals surface area contributed by atoms with Crippen LogP contribution in [-0.4, -0.2) is 6.79 Å². The Morgan fingerprint density at radius 2 is 1.11 bits per heavy atom. The molecule has 4 heteroatoms. The molecular weight excluding hydrogens is 367 g/mol. The van der Waals surface area contributed by atoms with Gasteiger partial charge in [0.15, 0.2) is 18.6 Å². The van der Waals surface area contributed by atoms with Crippen molar-refractivity contribution in [3.63, 3.8) is 0 Å². The van der Waals surface area contributed by atoms with E-state index in [9.17, 15) is 4.57 Å². The molecule has 1 aliphatic heterocycles. The molecule has 0 atom stereocenters. The van der Waals surface area contributed by atoms with E-state index in [2.05, 4.69) is 12.1 Å². The molecule has 0 bridgehead atoms. The third-order valence-electron chi connectivity index (χ3n) is 5.15. The average molecular weight is 392 g/mol. The van der Waals surface area contributed by atoms with Gasteiger partial charge in [0.25, 0.3) is 0 Å². The Morgan fingerprint density at radius 1 is 0.643 bits per heavy atom. The van der Waals surface area contributed by atoms with E-state index in [0.29, 0.717) is 5.75 Å². The second-order valence-corrected chi connectivity index (χ2v) is 10.6. The zero-order chi connectivity index (χ0) is 20.1. The van der Waals surface area contributed by atoms with E-state index < -0.39 is 7.14 Å². The van der Waals surface area contributed by atoms with Crippen LogP contribution in [0, 0.1) is 34.6 Å². The molecule has 4 rings (SSSR count). The van der Waals surface area contributed by atoms with Crippen LogP contribution in [0.4, 0.5) is 0 Å². The largest absolute Gasteiger partial charge is 0.454 e. The van der Waals surface area contributed by atoms with E-state index >= 15 is 0 Å². The van der Waals surface area contributed by atoms with Crippen LogP contribution in [0.3, 0.4) is 0 Å². The summed E-state index contributed by atoms with van der Waals surface area (Å²) in [6.45, 7) is 10.4. The molecule has 3 aromatic carbocycles. The van der Waals surface area contributed by atoms with Gasteiger partial charge in [-0.2, -0.15) is 0 Å². The minimum absolute atomic E-state index is 0.205. The lowest BCUT2D eigenvalue weighted by atomic mass is 10.2. The number of ether oxygens (including phenoxy) is 2. The van der Waals surface area contributed by atoms with Crippen LogP contribution in [0.1, 0.15) is 27.8 Å². The molecule has 0 saturated carbocycles. The zero-order valence-electron chi connectivity index (χ0n) is 17.0. The zero-order valence-corrected chi connectivity index (χ0v) is 17.9. The maximum atomic E-state index is 14.9. The Kier molecular flexibility index (Phi) is 4.59. The third kappa shape index (κ3) is 3.14. The molecule has 0 unspecified atom stereocenters. The van der Waals surface area contributed by atoms with Gasteiger partial charge in [0.1, 0.15) is 0 Å². The lowest BCUT2D eigenvalue weighted by Gasteiger charge is -2.23. The Balaban J connectivity index is 2.05. The summed E-state index contributed by atoms with van der Waals surface area (Å²) in [6.07, 6.45) is 0. The van der Waals surface area contributed by atoms with Crippen LogP contribution in [0.15, 0.2) is 48.5 Å². The fourth-order valence-electron chi connectivity index (χ4n) is 4.06. The van der Waals surface area contributed by atoms with Gasteiger partial charge in [0.2, 0.25) is 6.79 Å². The van der Waals surface area contributed by atoms with E-state index in [1.165, 1.54) is 0 Å². The summed E-state index contributed by atoms with van der Waals surface area (Å²) in [4.78, 5) is 0. The van der Waals surface area contributed by atoms with Crippen molar-refractivity contribution in [3.05, 3.63) is 76.3 Å². The van der Waals surface area contributed by atoms with Crippen molar-refractivity contribution in [2.45, 2.75) is 34.6 Å². The van der Waals surface area contributed by atoms with E-state index in [1.54, 1.807) is 0 Å². The molecule has 0 N–H and O–H groups in total. The van der Waals surface area contributed by atoms with Crippen molar-refractivity contribution in [2.75, 3.05) is 6.79 Å². The maximum Gasteiger partial charge on any atom is 0.231 e. The van der Waals surface area contributed by atoms with Crippen LogP contribution >= 0.6 is 7.14 Å². The standard InChI is InChI=1S/C24H25O3P/c1-15-6-16(2)9-20(8-15)28(25,21-10-17(3)7-18(4)11-21)22-12-19(5)24-23(13-22)26-14-27-24/h6-13H,14H2,1-5H3. The first-order valence-electron chi connectivity index (χ1n) is 9.46. The molecule has 28 heavy (non-hydrogen) atoms. The summed E-state index contributed by atoms with van der Waals surface area (Å²) < 4.78 is 26.1.